The molecule has 0 saturated carbocycles. The van der Waals surface area contributed by atoms with E-state index in [9.17, 15) is 0 Å². The van der Waals surface area contributed by atoms with E-state index in [1.807, 2.05) is 19.1 Å². The van der Waals surface area contributed by atoms with E-state index in [0.29, 0.717) is 0 Å². The fraction of sp³-hybridized carbons (Fsp3) is 0.417. The zero-order chi connectivity index (χ0) is 10.8. The molecule has 2 unspecified atom stereocenters. The molecule has 0 spiro atoms. The first-order valence-corrected chi connectivity index (χ1v) is 5.55. The van der Waals surface area contributed by atoms with Crippen LogP contribution in [0.25, 0.3) is 0 Å². The summed E-state index contributed by atoms with van der Waals surface area (Å²) in [6, 6.07) is 8.19. The van der Waals surface area contributed by atoms with Crippen LogP contribution >= 0.6 is 11.6 Å². The van der Waals surface area contributed by atoms with Gasteiger partial charge < -0.3 is 4.84 Å². The first-order chi connectivity index (χ1) is 7.18. The van der Waals surface area contributed by atoms with Gasteiger partial charge in [0.05, 0.1) is 11.1 Å². The maximum absolute atomic E-state index is 5.98. The Hall–Kier alpha value is -1.02. The standard InChI is InChI=1S/C12H14ClNO/c1-8-5-3-4-6-10(8)11-7-12(9(2)13)15-14-11/h3-6,9,12H,7H2,1-2H3. The average Bonchev–Trinajstić information content (AvgIpc) is 2.67. The Morgan fingerprint density at radius 2 is 2.20 bits per heavy atom. The van der Waals surface area contributed by atoms with Gasteiger partial charge in [-0.1, -0.05) is 29.4 Å². The van der Waals surface area contributed by atoms with Crippen LogP contribution in [0, 0.1) is 6.92 Å². The van der Waals surface area contributed by atoms with E-state index in [0.717, 1.165) is 17.7 Å². The van der Waals surface area contributed by atoms with Gasteiger partial charge in [-0.3, -0.25) is 0 Å². The first kappa shape index (κ1) is 10.5. The van der Waals surface area contributed by atoms with Crippen molar-refractivity contribution in [1.29, 1.82) is 0 Å². The molecule has 0 fully saturated rings. The molecule has 0 aromatic heterocycles. The van der Waals surface area contributed by atoms with E-state index in [-0.39, 0.29) is 11.5 Å². The lowest BCUT2D eigenvalue weighted by atomic mass is 10.00. The molecule has 2 nitrogen and oxygen atoms in total. The maximum atomic E-state index is 5.98. The van der Waals surface area contributed by atoms with E-state index in [1.165, 1.54) is 5.56 Å². The van der Waals surface area contributed by atoms with Crippen molar-refractivity contribution in [2.75, 3.05) is 0 Å². The van der Waals surface area contributed by atoms with Crippen LogP contribution in [0.1, 0.15) is 24.5 Å². The van der Waals surface area contributed by atoms with Crippen LogP contribution in [0.5, 0.6) is 0 Å². The highest BCUT2D eigenvalue weighted by atomic mass is 35.5. The average molecular weight is 224 g/mol. The summed E-state index contributed by atoms with van der Waals surface area (Å²) in [5.41, 5.74) is 3.39. The van der Waals surface area contributed by atoms with Gasteiger partial charge in [0.2, 0.25) is 0 Å². The van der Waals surface area contributed by atoms with E-state index in [2.05, 4.69) is 24.2 Å². The predicted molar refractivity (Wildman–Crippen MR) is 62.5 cm³/mol. The van der Waals surface area contributed by atoms with Gasteiger partial charge in [0.25, 0.3) is 0 Å². The van der Waals surface area contributed by atoms with Gasteiger partial charge in [0.1, 0.15) is 6.10 Å². The molecule has 3 heteroatoms. The van der Waals surface area contributed by atoms with Gasteiger partial charge in [0, 0.05) is 12.0 Å². The summed E-state index contributed by atoms with van der Waals surface area (Å²) in [5, 5.41) is 4.10. The van der Waals surface area contributed by atoms with Crippen LogP contribution in [-0.4, -0.2) is 17.2 Å². The van der Waals surface area contributed by atoms with Gasteiger partial charge >= 0.3 is 0 Å². The number of oxime groups is 1. The van der Waals surface area contributed by atoms with Gasteiger partial charge in [-0.2, -0.15) is 0 Å². The SMILES string of the molecule is Cc1ccccc1C1=NOC(C(C)Cl)C1. The quantitative estimate of drug-likeness (QED) is 0.706. The van der Waals surface area contributed by atoms with Crippen LogP contribution in [-0.2, 0) is 4.84 Å². The van der Waals surface area contributed by atoms with Crippen LogP contribution in [0.3, 0.4) is 0 Å². The molecule has 1 heterocycles. The molecular weight excluding hydrogens is 210 g/mol. The fourth-order valence-electron chi connectivity index (χ4n) is 1.70. The Labute approximate surface area is 94.9 Å². The number of alkyl halides is 1. The second-order valence-corrected chi connectivity index (χ2v) is 4.57. The number of hydrogen-bond acceptors (Lipinski definition) is 2. The summed E-state index contributed by atoms with van der Waals surface area (Å²) in [6.45, 7) is 4.01. The lowest BCUT2D eigenvalue weighted by molar-refractivity contribution is 0.0855. The molecule has 0 bridgehead atoms. The summed E-state index contributed by atoms with van der Waals surface area (Å²) in [5.74, 6) is 0. The molecule has 1 aromatic carbocycles. The molecule has 1 aliphatic rings. The van der Waals surface area contributed by atoms with E-state index in [1.54, 1.807) is 0 Å². The van der Waals surface area contributed by atoms with Crippen molar-refractivity contribution in [2.24, 2.45) is 5.16 Å². The highest BCUT2D eigenvalue weighted by molar-refractivity contribution is 6.21. The fourth-order valence-corrected chi connectivity index (χ4v) is 1.83. The van der Waals surface area contributed by atoms with Crippen LogP contribution in [0.4, 0.5) is 0 Å². The summed E-state index contributed by atoms with van der Waals surface area (Å²) in [7, 11) is 0. The highest BCUT2D eigenvalue weighted by Gasteiger charge is 2.26. The maximum Gasteiger partial charge on any atom is 0.149 e. The Morgan fingerprint density at radius 1 is 1.47 bits per heavy atom. The molecule has 80 valence electrons. The van der Waals surface area contributed by atoms with E-state index >= 15 is 0 Å². The van der Waals surface area contributed by atoms with Crippen molar-refractivity contribution in [3.05, 3.63) is 35.4 Å². The zero-order valence-corrected chi connectivity index (χ0v) is 9.66. The Kier molecular flexibility index (Phi) is 2.96. The Balaban J connectivity index is 2.18. The number of rotatable bonds is 2. The van der Waals surface area contributed by atoms with Crippen LogP contribution < -0.4 is 0 Å². The largest absolute Gasteiger partial charge is 0.390 e. The minimum Gasteiger partial charge on any atom is -0.390 e. The van der Waals surface area contributed by atoms with Gasteiger partial charge in [0.15, 0.2) is 0 Å². The van der Waals surface area contributed by atoms with Crippen LogP contribution in [0.2, 0.25) is 0 Å². The lowest BCUT2D eigenvalue weighted by Crippen LogP contribution is -2.18. The third-order valence-electron chi connectivity index (χ3n) is 2.66. The van der Waals surface area contributed by atoms with Crippen molar-refractivity contribution >= 4 is 17.3 Å². The molecule has 0 N–H and O–H groups in total. The van der Waals surface area contributed by atoms with Crippen molar-refractivity contribution in [3.8, 4) is 0 Å². The molecule has 2 atom stereocenters. The highest BCUT2D eigenvalue weighted by Crippen LogP contribution is 2.22. The van der Waals surface area contributed by atoms with Gasteiger partial charge in [-0.15, -0.1) is 11.6 Å². The molecule has 2 rings (SSSR count). The van der Waals surface area contributed by atoms with Crippen molar-refractivity contribution < 1.29 is 4.84 Å². The zero-order valence-electron chi connectivity index (χ0n) is 8.90. The second kappa shape index (κ2) is 4.23. The minimum atomic E-state index is -0.00438. The molecule has 1 aliphatic heterocycles. The topological polar surface area (TPSA) is 21.6 Å². The summed E-state index contributed by atoms with van der Waals surface area (Å²) < 4.78 is 0. The summed E-state index contributed by atoms with van der Waals surface area (Å²) in [4.78, 5) is 5.29. The molecular formula is C12H14ClNO. The number of hydrogen-bond donors (Lipinski definition) is 0. The van der Waals surface area contributed by atoms with Crippen LogP contribution in [0.15, 0.2) is 29.4 Å². The second-order valence-electron chi connectivity index (χ2n) is 3.88. The van der Waals surface area contributed by atoms with Crippen molar-refractivity contribution in [1.82, 2.24) is 0 Å². The van der Waals surface area contributed by atoms with Gasteiger partial charge in [-0.05, 0) is 19.4 Å². The van der Waals surface area contributed by atoms with Gasteiger partial charge in [-0.25, -0.2) is 0 Å². The predicted octanol–water partition coefficient (Wildman–Crippen LogP) is 3.12. The normalized spacial score (nSPS) is 22.1. The molecule has 0 amide bonds. The Morgan fingerprint density at radius 3 is 2.80 bits per heavy atom. The summed E-state index contributed by atoms with van der Waals surface area (Å²) >= 11 is 5.98. The van der Waals surface area contributed by atoms with Crippen molar-refractivity contribution in [2.45, 2.75) is 31.7 Å². The number of benzene rings is 1. The van der Waals surface area contributed by atoms with Crippen molar-refractivity contribution in [3.63, 3.8) is 0 Å². The lowest BCUT2D eigenvalue weighted by Gasteiger charge is -2.09. The molecule has 0 saturated heterocycles. The molecule has 0 radical (unpaired) electrons. The monoisotopic (exact) mass is 223 g/mol. The molecule has 0 aliphatic carbocycles. The van der Waals surface area contributed by atoms with E-state index < -0.39 is 0 Å². The van der Waals surface area contributed by atoms with E-state index in [4.69, 9.17) is 16.4 Å². The number of nitrogens with zero attached hydrogens (tertiary/aromatic N) is 1. The first-order valence-electron chi connectivity index (χ1n) is 5.11. The Bertz CT molecular complexity index is 387. The minimum absolute atomic E-state index is 0.00438. The summed E-state index contributed by atoms with van der Waals surface area (Å²) in [6.07, 6.45) is 0.816. The third kappa shape index (κ3) is 2.15. The number of aryl methyl sites for hydroxylation is 1. The molecule has 1 aromatic rings. The third-order valence-corrected chi connectivity index (χ3v) is 2.94. The number of halogens is 1. The molecule has 15 heavy (non-hydrogen) atoms. The smallest absolute Gasteiger partial charge is 0.149 e.